The van der Waals surface area contributed by atoms with Gasteiger partial charge in [-0.05, 0) is 38.3 Å². The standard InChI is InChI=1S/C21H26N2O3/c1-5-19(24)23-11-9-16(10-12-23)21(25)22(4)13-18-15(3)17-8-6-7-14(2)20(17)26-18/h5-8,16H,1,9-13H2,2-4H3. The van der Waals surface area contributed by atoms with Crippen molar-refractivity contribution < 1.29 is 14.0 Å². The molecule has 1 aliphatic rings. The summed E-state index contributed by atoms with van der Waals surface area (Å²) in [5, 5.41) is 1.11. The van der Waals surface area contributed by atoms with Crippen molar-refractivity contribution in [1.29, 1.82) is 0 Å². The fraction of sp³-hybridized carbons (Fsp3) is 0.429. The highest BCUT2D eigenvalue weighted by molar-refractivity contribution is 5.87. The zero-order valence-corrected chi connectivity index (χ0v) is 15.7. The molecule has 26 heavy (non-hydrogen) atoms. The van der Waals surface area contributed by atoms with Crippen molar-refractivity contribution in [3.05, 3.63) is 47.7 Å². The van der Waals surface area contributed by atoms with E-state index in [-0.39, 0.29) is 17.7 Å². The second kappa shape index (κ2) is 7.36. The largest absolute Gasteiger partial charge is 0.459 e. The molecule has 1 aliphatic heterocycles. The maximum absolute atomic E-state index is 12.8. The molecule has 0 radical (unpaired) electrons. The lowest BCUT2D eigenvalue weighted by molar-refractivity contribution is -0.138. The lowest BCUT2D eigenvalue weighted by Crippen LogP contribution is -2.42. The minimum Gasteiger partial charge on any atom is -0.459 e. The van der Waals surface area contributed by atoms with Crippen molar-refractivity contribution >= 4 is 22.8 Å². The van der Waals surface area contributed by atoms with Crippen LogP contribution in [-0.4, -0.2) is 41.8 Å². The molecular formula is C21H26N2O3. The number of para-hydroxylation sites is 1. The summed E-state index contributed by atoms with van der Waals surface area (Å²) in [6, 6.07) is 6.11. The summed E-state index contributed by atoms with van der Waals surface area (Å²) in [4.78, 5) is 28.0. The molecule has 5 nitrogen and oxygen atoms in total. The van der Waals surface area contributed by atoms with Gasteiger partial charge >= 0.3 is 0 Å². The van der Waals surface area contributed by atoms with Gasteiger partial charge in [0.2, 0.25) is 11.8 Å². The first-order valence-electron chi connectivity index (χ1n) is 9.06. The quantitative estimate of drug-likeness (QED) is 0.791. The van der Waals surface area contributed by atoms with Crippen LogP contribution in [0.25, 0.3) is 11.0 Å². The van der Waals surface area contributed by atoms with E-state index in [2.05, 4.69) is 12.6 Å². The fourth-order valence-electron chi connectivity index (χ4n) is 3.66. The van der Waals surface area contributed by atoms with Gasteiger partial charge in [0.05, 0.1) is 6.54 Å². The molecule has 1 saturated heterocycles. The van der Waals surface area contributed by atoms with Crippen molar-refractivity contribution in [3.63, 3.8) is 0 Å². The Kier molecular flexibility index (Phi) is 5.16. The third kappa shape index (κ3) is 3.39. The second-order valence-corrected chi connectivity index (χ2v) is 7.10. The van der Waals surface area contributed by atoms with Crippen LogP contribution in [0, 0.1) is 19.8 Å². The van der Waals surface area contributed by atoms with Gasteiger partial charge in [-0.3, -0.25) is 9.59 Å². The molecule has 0 saturated carbocycles. The summed E-state index contributed by atoms with van der Waals surface area (Å²) >= 11 is 0. The lowest BCUT2D eigenvalue weighted by Gasteiger charge is -2.32. The van der Waals surface area contributed by atoms with Gasteiger partial charge in [0.25, 0.3) is 0 Å². The molecular weight excluding hydrogens is 328 g/mol. The molecule has 0 N–H and O–H groups in total. The number of piperidine rings is 1. The number of furan rings is 1. The molecule has 5 heteroatoms. The molecule has 0 bridgehead atoms. The highest BCUT2D eigenvalue weighted by atomic mass is 16.3. The Bertz CT molecular complexity index is 844. The van der Waals surface area contributed by atoms with Crippen LogP contribution in [0.2, 0.25) is 0 Å². The SMILES string of the molecule is C=CC(=O)N1CCC(C(=O)N(C)Cc2oc3c(C)cccc3c2C)CC1. The van der Waals surface area contributed by atoms with E-state index in [9.17, 15) is 9.59 Å². The highest BCUT2D eigenvalue weighted by Gasteiger charge is 2.29. The molecule has 2 aromatic rings. The van der Waals surface area contributed by atoms with Crippen LogP contribution in [0.3, 0.4) is 0 Å². The fourth-order valence-corrected chi connectivity index (χ4v) is 3.66. The van der Waals surface area contributed by atoms with Crippen LogP contribution in [-0.2, 0) is 16.1 Å². The Labute approximate surface area is 154 Å². The van der Waals surface area contributed by atoms with Gasteiger partial charge in [-0.1, -0.05) is 24.8 Å². The summed E-state index contributed by atoms with van der Waals surface area (Å²) in [6.07, 6.45) is 2.72. The van der Waals surface area contributed by atoms with Gasteiger partial charge in [0.15, 0.2) is 0 Å². The Morgan fingerprint density at radius 1 is 1.31 bits per heavy atom. The van der Waals surface area contributed by atoms with Gasteiger partial charge in [-0.25, -0.2) is 0 Å². The summed E-state index contributed by atoms with van der Waals surface area (Å²) in [5.74, 6) is 0.856. The molecule has 1 aromatic carbocycles. The first-order valence-corrected chi connectivity index (χ1v) is 9.06. The summed E-state index contributed by atoms with van der Waals surface area (Å²) in [7, 11) is 1.82. The van der Waals surface area contributed by atoms with E-state index in [0.29, 0.717) is 32.5 Å². The van der Waals surface area contributed by atoms with E-state index < -0.39 is 0 Å². The maximum Gasteiger partial charge on any atom is 0.245 e. The molecule has 0 aliphatic carbocycles. The number of carbonyl (C=O) groups is 2. The number of amides is 2. The molecule has 138 valence electrons. The number of carbonyl (C=O) groups excluding carboxylic acids is 2. The molecule has 0 atom stereocenters. The first-order chi connectivity index (χ1) is 12.4. The monoisotopic (exact) mass is 354 g/mol. The third-order valence-corrected chi connectivity index (χ3v) is 5.35. The minimum absolute atomic E-state index is 0.0414. The van der Waals surface area contributed by atoms with E-state index in [1.165, 1.54) is 6.08 Å². The molecule has 3 rings (SSSR count). The van der Waals surface area contributed by atoms with Crippen LogP contribution >= 0.6 is 0 Å². The second-order valence-electron chi connectivity index (χ2n) is 7.10. The Morgan fingerprint density at radius 2 is 2.00 bits per heavy atom. The first kappa shape index (κ1) is 18.2. The van der Waals surface area contributed by atoms with Crippen LogP contribution < -0.4 is 0 Å². The number of hydrogen-bond acceptors (Lipinski definition) is 3. The van der Waals surface area contributed by atoms with Crippen LogP contribution in [0.4, 0.5) is 0 Å². The van der Waals surface area contributed by atoms with E-state index in [4.69, 9.17) is 4.42 Å². The summed E-state index contributed by atoms with van der Waals surface area (Å²) in [6.45, 7) is 9.27. The molecule has 2 heterocycles. The van der Waals surface area contributed by atoms with E-state index >= 15 is 0 Å². The number of nitrogens with zero attached hydrogens (tertiary/aromatic N) is 2. The van der Waals surface area contributed by atoms with Gasteiger partial charge in [-0.15, -0.1) is 0 Å². The Hall–Kier alpha value is -2.56. The van der Waals surface area contributed by atoms with Crippen LogP contribution in [0.5, 0.6) is 0 Å². The Balaban J connectivity index is 1.67. The maximum atomic E-state index is 12.8. The average molecular weight is 354 g/mol. The van der Waals surface area contributed by atoms with Crippen molar-refractivity contribution in [2.75, 3.05) is 20.1 Å². The van der Waals surface area contributed by atoms with E-state index in [0.717, 1.165) is 27.9 Å². The lowest BCUT2D eigenvalue weighted by atomic mass is 9.95. The van der Waals surface area contributed by atoms with Crippen molar-refractivity contribution in [1.82, 2.24) is 9.80 Å². The number of likely N-dealkylation sites (tertiary alicyclic amines) is 1. The Morgan fingerprint density at radius 3 is 2.62 bits per heavy atom. The molecule has 1 aromatic heterocycles. The molecule has 0 unspecified atom stereocenters. The molecule has 2 amide bonds. The molecule has 1 fully saturated rings. The number of benzene rings is 1. The van der Waals surface area contributed by atoms with Crippen molar-refractivity contribution in [3.8, 4) is 0 Å². The number of rotatable bonds is 4. The summed E-state index contributed by atoms with van der Waals surface area (Å²) in [5.41, 5.74) is 3.09. The number of hydrogen-bond donors (Lipinski definition) is 0. The third-order valence-electron chi connectivity index (χ3n) is 5.35. The number of aryl methyl sites for hydroxylation is 2. The van der Waals surface area contributed by atoms with Crippen molar-refractivity contribution in [2.45, 2.75) is 33.2 Å². The van der Waals surface area contributed by atoms with Crippen LogP contribution in [0.1, 0.15) is 29.7 Å². The highest BCUT2D eigenvalue weighted by Crippen LogP contribution is 2.29. The van der Waals surface area contributed by atoms with Gasteiger partial charge < -0.3 is 14.2 Å². The minimum atomic E-state index is -0.0578. The van der Waals surface area contributed by atoms with Gasteiger partial charge in [0.1, 0.15) is 11.3 Å². The number of fused-ring (bicyclic) bond motifs is 1. The predicted octanol–water partition coefficient (Wildman–Crippen LogP) is 3.43. The normalized spacial score (nSPS) is 15.3. The topological polar surface area (TPSA) is 53.8 Å². The van der Waals surface area contributed by atoms with Gasteiger partial charge in [0, 0.05) is 37.0 Å². The smallest absolute Gasteiger partial charge is 0.245 e. The zero-order chi connectivity index (χ0) is 18.8. The van der Waals surface area contributed by atoms with E-state index in [1.807, 2.05) is 33.0 Å². The van der Waals surface area contributed by atoms with Crippen molar-refractivity contribution in [2.24, 2.45) is 5.92 Å². The zero-order valence-electron chi connectivity index (χ0n) is 15.7. The average Bonchev–Trinajstić information content (AvgIpc) is 2.98. The van der Waals surface area contributed by atoms with E-state index in [1.54, 1.807) is 9.80 Å². The molecule has 0 spiro atoms. The summed E-state index contributed by atoms with van der Waals surface area (Å²) < 4.78 is 6.04. The van der Waals surface area contributed by atoms with Crippen LogP contribution in [0.15, 0.2) is 35.3 Å². The van der Waals surface area contributed by atoms with Gasteiger partial charge in [-0.2, -0.15) is 0 Å². The predicted molar refractivity (Wildman–Crippen MR) is 102 cm³/mol.